The van der Waals surface area contributed by atoms with Gasteiger partial charge < -0.3 is 13.7 Å². The first kappa shape index (κ1) is 26.5. The van der Waals surface area contributed by atoms with Gasteiger partial charge in [-0.2, -0.15) is 0 Å². The fourth-order valence-corrected chi connectivity index (χ4v) is 11.1. The second kappa shape index (κ2) is 10.8. The van der Waals surface area contributed by atoms with Crippen molar-refractivity contribution in [2.24, 2.45) is 0 Å². The molecule has 1 aromatic heterocycles. The van der Waals surface area contributed by atoms with E-state index in [1.54, 1.807) is 6.07 Å². The molecule has 0 aliphatic rings. The van der Waals surface area contributed by atoms with Crippen LogP contribution in [0.4, 0.5) is 0 Å². The Morgan fingerprint density at radius 3 is 1.11 bits per heavy atom. The summed E-state index contributed by atoms with van der Waals surface area (Å²) in [7, 11) is -9.66. The summed E-state index contributed by atoms with van der Waals surface area (Å²) in [6.45, 7) is 5.57. The Bertz CT molecular complexity index is 1280. The lowest BCUT2D eigenvalue weighted by Crippen LogP contribution is -2.37. The first-order chi connectivity index (χ1) is 17.3. The van der Waals surface area contributed by atoms with Crippen LogP contribution in [0.5, 0.6) is 0 Å². The van der Waals surface area contributed by atoms with E-state index in [0.717, 1.165) is 0 Å². The van der Waals surface area contributed by atoms with Gasteiger partial charge in [-0.1, -0.05) is 112 Å². The summed E-state index contributed by atoms with van der Waals surface area (Å²) < 4.78 is 43.5. The van der Waals surface area contributed by atoms with Gasteiger partial charge in [-0.25, -0.2) is 9.97 Å². The van der Waals surface area contributed by atoms with Crippen LogP contribution in [0.25, 0.3) is 0 Å². The monoisotopic (exact) mass is 536 g/mol. The molecular weight excluding hydrogens is 505 g/mol. The molecule has 0 fully saturated rings. The van der Waals surface area contributed by atoms with Gasteiger partial charge in [0.2, 0.25) is 0 Å². The van der Waals surface area contributed by atoms with E-state index in [0.29, 0.717) is 45.3 Å². The molecule has 0 saturated heterocycles. The zero-order chi connectivity index (χ0) is 25.8. The molecule has 3 atom stereocenters. The fraction of sp³-hybridized carbons (Fsp3) is 0.214. The molecule has 0 N–H and O–H groups in total. The quantitative estimate of drug-likeness (QED) is 0.295. The molecule has 5 nitrogen and oxygen atoms in total. The lowest BCUT2D eigenvalue weighted by molar-refractivity contribution is 0.586. The third-order valence-corrected chi connectivity index (χ3v) is 15.5. The summed E-state index contributed by atoms with van der Waals surface area (Å²) in [6, 6.07) is 29.3. The van der Waals surface area contributed by atoms with Crippen LogP contribution in [0.3, 0.4) is 0 Å². The molecule has 0 spiro atoms. The molecule has 3 unspecified atom stereocenters. The topological polar surface area (TPSA) is 77.0 Å². The summed E-state index contributed by atoms with van der Waals surface area (Å²) in [5, 5.41) is 1.97. The van der Waals surface area contributed by atoms with Crippen LogP contribution >= 0.6 is 21.4 Å². The van der Waals surface area contributed by atoms with Gasteiger partial charge in [0.1, 0.15) is 10.9 Å². The molecule has 3 aromatic carbocycles. The molecule has 0 saturated carbocycles. The number of nitrogens with zero attached hydrogens (tertiary/aromatic N) is 2. The summed E-state index contributed by atoms with van der Waals surface area (Å²) in [6.07, 6.45) is 0.955. The molecule has 0 aliphatic heterocycles. The lowest BCUT2D eigenvalue weighted by atomic mass is 10.4. The normalized spacial score (nSPS) is 16.4. The summed E-state index contributed by atoms with van der Waals surface area (Å²) in [4.78, 5) is 9.51. The Hall–Kier alpha value is -2.57. The van der Waals surface area contributed by atoms with Gasteiger partial charge >= 0.3 is 0 Å². The van der Waals surface area contributed by atoms with Gasteiger partial charge in [-0.05, 0) is 6.07 Å². The highest BCUT2D eigenvalue weighted by atomic mass is 31.2. The molecule has 0 amide bonds. The van der Waals surface area contributed by atoms with Crippen LogP contribution in [-0.4, -0.2) is 28.5 Å². The first-order valence-electron chi connectivity index (χ1n) is 12.2. The zero-order valence-electron chi connectivity index (χ0n) is 20.8. The molecule has 0 aliphatic carbocycles. The van der Waals surface area contributed by atoms with Crippen molar-refractivity contribution in [1.82, 2.24) is 9.97 Å². The van der Waals surface area contributed by atoms with Crippen molar-refractivity contribution >= 4 is 53.8 Å². The molecule has 4 rings (SSSR count). The molecule has 0 radical (unpaired) electrons. The lowest BCUT2D eigenvalue weighted by Gasteiger charge is -2.24. The maximum atomic E-state index is 14.5. The van der Waals surface area contributed by atoms with Crippen molar-refractivity contribution in [3.8, 4) is 0 Å². The SMILES string of the molecule is CCP(=O)(c1ccccc1)c1cc(P(=O)(CC)c2ccccc2)nc(P(=O)(CC)c2ccccc2)n1. The number of benzene rings is 3. The van der Waals surface area contributed by atoms with E-state index >= 15 is 0 Å². The van der Waals surface area contributed by atoms with Gasteiger partial charge in [0.05, 0.1) is 0 Å². The maximum Gasteiger partial charge on any atom is 0.194 e. The van der Waals surface area contributed by atoms with E-state index in [9.17, 15) is 13.7 Å². The van der Waals surface area contributed by atoms with Gasteiger partial charge in [-0.15, -0.1) is 0 Å². The average molecular weight is 536 g/mol. The average Bonchev–Trinajstić information content (AvgIpc) is 2.97. The molecule has 186 valence electrons. The summed E-state index contributed by atoms with van der Waals surface area (Å²) in [5.74, 6) is 0. The van der Waals surface area contributed by atoms with E-state index in [-0.39, 0.29) is 5.57 Å². The minimum Gasteiger partial charge on any atom is -0.312 e. The maximum absolute atomic E-state index is 14.5. The second-order valence-corrected chi connectivity index (χ2v) is 17.8. The largest absolute Gasteiger partial charge is 0.312 e. The highest BCUT2D eigenvalue weighted by Gasteiger charge is 2.37. The van der Waals surface area contributed by atoms with Gasteiger partial charge in [0, 0.05) is 34.4 Å². The minimum atomic E-state index is -3.27. The van der Waals surface area contributed by atoms with E-state index in [1.165, 1.54) is 0 Å². The Morgan fingerprint density at radius 2 is 0.806 bits per heavy atom. The third-order valence-electron chi connectivity index (χ3n) is 6.61. The van der Waals surface area contributed by atoms with Crippen molar-refractivity contribution in [2.45, 2.75) is 20.8 Å². The van der Waals surface area contributed by atoms with Crippen LogP contribution in [-0.2, 0) is 13.7 Å². The van der Waals surface area contributed by atoms with E-state index in [4.69, 9.17) is 9.97 Å². The van der Waals surface area contributed by atoms with Gasteiger partial charge in [0.25, 0.3) is 0 Å². The predicted molar refractivity (Wildman–Crippen MR) is 154 cm³/mol. The second-order valence-electron chi connectivity index (χ2n) is 8.56. The summed E-state index contributed by atoms with van der Waals surface area (Å²) >= 11 is 0. The van der Waals surface area contributed by atoms with Crippen LogP contribution < -0.4 is 32.3 Å². The molecule has 36 heavy (non-hydrogen) atoms. The van der Waals surface area contributed by atoms with E-state index < -0.39 is 21.4 Å². The number of rotatable bonds is 9. The van der Waals surface area contributed by atoms with E-state index in [1.807, 2.05) is 112 Å². The van der Waals surface area contributed by atoms with Gasteiger partial charge in [-0.3, -0.25) is 0 Å². The Labute approximate surface area is 213 Å². The predicted octanol–water partition coefficient (Wildman–Crippen LogP) is 4.48. The zero-order valence-corrected chi connectivity index (χ0v) is 23.5. The standard InChI is InChI=1S/C28H31N2O3P3/c1-4-34(31,23-16-10-7-11-17-23)26-22-27(35(32,5-2)24-18-12-8-13-19-24)30-28(29-26)36(33,6-3)25-20-14-9-15-21-25/h7-22H,4-6H2,1-3H3. The Kier molecular flexibility index (Phi) is 7.96. The third kappa shape index (κ3) is 4.73. The molecule has 8 heteroatoms. The summed E-state index contributed by atoms with van der Waals surface area (Å²) in [5.41, 5.74) is 0.744. The smallest absolute Gasteiger partial charge is 0.194 e. The van der Waals surface area contributed by atoms with Crippen molar-refractivity contribution < 1.29 is 13.7 Å². The number of hydrogen-bond acceptors (Lipinski definition) is 5. The van der Waals surface area contributed by atoms with Crippen molar-refractivity contribution in [3.05, 3.63) is 97.1 Å². The molecule has 4 aromatic rings. The number of aromatic nitrogens is 2. The Morgan fingerprint density at radius 1 is 0.500 bits per heavy atom. The van der Waals surface area contributed by atoms with Crippen LogP contribution in [0.1, 0.15) is 20.8 Å². The van der Waals surface area contributed by atoms with Gasteiger partial charge in [0.15, 0.2) is 27.0 Å². The minimum absolute atomic E-state index is 0.123. The van der Waals surface area contributed by atoms with Crippen molar-refractivity contribution in [1.29, 1.82) is 0 Å². The molecule has 0 bridgehead atoms. The van der Waals surface area contributed by atoms with Crippen LogP contribution in [0, 0.1) is 0 Å². The number of hydrogen-bond donors (Lipinski definition) is 0. The van der Waals surface area contributed by atoms with E-state index in [2.05, 4.69) is 0 Å². The fourth-order valence-electron chi connectivity index (χ4n) is 4.34. The first-order valence-corrected chi connectivity index (χ1v) is 17.8. The molecule has 1 heterocycles. The molecular formula is C28H31N2O3P3. The van der Waals surface area contributed by atoms with Crippen LogP contribution in [0.2, 0.25) is 0 Å². The van der Waals surface area contributed by atoms with Crippen molar-refractivity contribution in [3.63, 3.8) is 0 Å². The highest BCUT2D eigenvalue weighted by Crippen LogP contribution is 2.47. The van der Waals surface area contributed by atoms with Crippen LogP contribution in [0.15, 0.2) is 97.1 Å². The Balaban J connectivity index is 2.06. The highest BCUT2D eigenvalue weighted by molar-refractivity contribution is 7.80. The van der Waals surface area contributed by atoms with Crippen molar-refractivity contribution in [2.75, 3.05) is 18.5 Å².